The third kappa shape index (κ3) is 2.37. The normalized spacial score (nSPS) is 32.1. The van der Waals surface area contributed by atoms with E-state index >= 15 is 0 Å². The summed E-state index contributed by atoms with van der Waals surface area (Å²) in [6.07, 6.45) is 13.3. The zero-order valence-corrected chi connectivity index (χ0v) is 11.2. The zero-order chi connectivity index (χ0) is 12.3. The molecule has 0 aromatic rings. The van der Waals surface area contributed by atoms with Crippen LogP contribution in [0.2, 0.25) is 0 Å². The zero-order valence-electron chi connectivity index (χ0n) is 11.2. The lowest BCUT2D eigenvalue weighted by molar-refractivity contribution is -0.132. The van der Waals surface area contributed by atoms with Gasteiger partial charge in [0.25, 0.3) is 0 Å². The van der Waals surface area contributed by atoms with Crippen LogP contribution in [0.5, 0.6) is 0 Å². The van der Waals surface area contributed by atoms with Gasteiger partial charge in [0, 0.05) is 30.5 Å². The Bertz CT molecular complexity index is 288. The van der Waals surface area contributed by atoms with Gasteiger partial charge in [-0.3, -0.25) is 0 Å². The predicted molar refractivity (Wildman–Crippen MR) is 70.8 cm³/mol. The number of hydrogen-bond donors (Lipinski definition) is 1. The highest BCUT2D eigenvalue weighted by Crippen LogP contribution is 2.54. The van der Waals surface area contributed by atoms with Crippen LogP contribution in [-0.4, -0.2) is 24.8 Å². The quantitative estimate of drug-likeness (QED) is 0.740. The SMILES string of the molecule is C#CCC(C)NC1CC(OCC)C12CCCC2. The lowest BCUT2D eigenvalue weighted by atomic mass is 9.60. The Morgan fingerprint density at radius 2 is 2.18 bits per heavy atom. The third-order valence-electron chi connectivity index (χ3n) is 4.60. The fraction of sp³-hybridized carbons (Fsp3) is 0.867. The Hall–Kier alpha value is -0.520. The van der Waals surface area contributed by atoms with Crippen LogP contribution in [0.1, 0.15) is 52.4 Å². The molecule has 0 heterocycles. The maximum absolute atomic E-state index is 5.91. The lowest BCUT2D eigenvalue weighted by Crippen LogP contribution is -2.64. The molecule has 3 unspecified atom stereocenters. The van der Waals surface area contributed by atoms with Gasteiger partial charge in [-0.2, -0.15) is 0 Å². The topological polar surface area (TPSA) is 21.3 Å². The van der Waals surface area contributed by atoms with Gasteiger partial charge < -0.3 is 10.1 Å². The molecule has 2 aliphatic carbocycles. The van der Waals surface area contributed by atoms with Gasteiger partial charge in [0.05, 0.1) is 6.10 Å². The summed E-state index contributed by atoms with van der Waals surface area (Å²) >= 11 is 0. The second-order valence-electron chi connectivity index (χ2n) is 5.65. The second kappa shape index (κ2) is 5.42. The van der Waals surface area contributed by atoms with Crippen LogP contribution in [0, 0.1) is 17.8 Å². The van der Waals surface area contributed by atoms with E-state index < -0.39 is 0 Å². The van der Waals surface area contributed by atoms with Crippen LogP contribution < -0.4 is 5.32 Å². The van der Waals surface area contributed by atoms with Crippen molar-refractivity contribution in [2.24, 2.45) is 5.41 Å². The van der Waals surface area contributed by atoms with E-state index in [0.29, 0.717) is 23.6 Å². The summed E-state index contributed by atoms with van der Waals surface area (Å²) in [7, 11) is 0. The lowest BCUT2D eigenvalue weighted by Gasteiger charge is -2.55. The van der Waals surface area contributed by atoms with Gasteiger partial charge in [-0.05, 0) is 33.1 Å². The van der Waals surface area contributed by atoms with E-state index in [2.05, 4.69) is 25.1 Å². The van der Waals surface area contributed by atoms with Gasteiger partial charge >= 0.3 is 0 Å². The molecule has 2 heteroatoms. The summed E-state index contributed by atoms with van der Waals surface area (Å²) in [5.74, 6) is 2.74. The first-order chi connectivity index (χ1) is 8.23. The molecule has 2 saturated carbocycles. The Morgan fingerprint density at radius 3 is 2.76 bits per heavy atom. The fourth-order valence-electron chi connectivity index (χ4n) is 3.70. The van der Waals surface area contributed by atoms with E-state index in [9.17, 15) is 0 Å². The smallest absolute Gasteiger partial charge is 0.0661 e. The average Bonchev–Trinajstić information content (AvgIpc) is 2.80. The molecule has 0 aromatic heterocycles. The molecular weight excluding hydrogens is 210 g/mol. The van der Waals surface area contributed by atoms with Crippen molar-refractivity contribution in [3.05, 3.63) is 0 Å². The molecule has 96 valence electrons. The molecule has 0 radical (unpaired) electrons. The van der Waals surface area contributed by atoms with Crippen molar-refractivity contribution in [2.75, 3.05) is 6.61 Å². The largest absolute Gasteiger partial charge is 0.378 e. The molecule has 0 saturated heterocycles. The third-order valence-corrected chi connectivity index (χ3v) is 4.60. The molecule has 2 rings (SSSR count). The maximum atomic E-state index is 5.91. The minimum absolute atomic E-state index is 0.429. The number of hydrogen-bond acceptors (Lipinski definition) is 2. The molecule has 3 atom stereocenters. The second-order valence-corrected chi connectivity index (χ2v) is 5.65. The molecule has 0 aliphatic heterocycles. The minimum Gasteiger partial charge on any atom is -0.378 e. The number of rotatable bonds is 5. The van der Waals surface area contributed by atoms with Crippen molar-refractivity contribution in [2.45, 2.75) is 70.6 Å². The number of nitrogens with one attached hydrogen (secondary N) is 1. The molecule has 1 spiro atoms. The summed E-state index contributed by atoms with van der Waals surface area (Å²) in [5.41, 5.74) is 0.429. The molecule has 1 N–H and O–H groups in total. The summed E-state index contributed by atoms with van der Waals surface area (Å²) < 4.78 is 5.91. The van der Waals surface area contributed by atoms with Gasteiger partial charge in [0.1, 0.15) is 0 Å². The van der Waals surface area contributed by atoms with Crippen molar-refractivity contribution in [1.82, 2.24) is 5.32 Å². The molecule has 17 heavy (non-hydrogen) atoms. The molecule has 2 nitrogen and oxygen atoms in total. The Labute approximate surface area is 105 Å². The summed E-state index contributed by atoms with van der Waals surface area (Å²) in [6.45, 7) is 5.14. The predicted octanol–water partition coefficient (Wildman–Crippen LogP) is 2.73. The summed E-state index contributed by atoms with van der Waals surface area (Å²) in [4.78, 5) is 0. The standard InChI is InChI=1S/C15H25NO/c1-4-8-12(3)16-13-11-14(17-5-2)15(13)9-6-7-10-15/h1,12-14,16H,5-11H2,2-3H3. The highest BCUT2D eigenvalue weighted by atomic mass is 16.5. The van der Waals surface area contributed by atoms with Crippen LogP contribution in [0.25, 0.3) is 0 Å². The van der Waals surface area contributed by atoms with Crippen LogP contribution in [0.3, 0.4) is 0 Å². The van der Waals surface area contributed by atoms with E-state index in [4.69, 9.17) is 11.2 Å². The first-order valence-electron chi connectivity index (χ1n) is 7.04. The van der Waals surface area contributed by atoms with Crippen molar-refractivity contribution in [3.63, 3.8) is 0 Å². The van der Waals surface area contributed by atoms with E-state index in [-0.39, 0.29) is 0 Å². The van der Waals surface area contributed by atoms with Crippen molar-refractivity contribution < 1.29 is 4.74 Å². The molecule has 0 amide bonds. The highest BCUT2D eigenvalue weighted by Gasteiger charge is 2.56. The Kier molecular flexibility index (Phi) is 4.12. The van der Waals surface area contributed by atoms with Crippen LogP contribution >= 0.6 is 0 Å². The Balaban J connectivity index is 1.93. The van der Waals surface area contributed by atoms with E-state index in [0.717, 1.165) is 13.0 Å². The van der Waals surface area contributed by atoms with Crippen molar-refractivity contribution in [1.29, 1.82) is 0 Å². The number of terminal acetylenes is 1. The van der Waals surface area contributed by atoms with Gasteiger partial charge in [-0.25, -0.2) is 0 Å². The average molecular weight is 235 g/mol. The van der Waals surface area contributed by atoms with Crippen LogP contribution in [-0.2, 0) is 4.74 Å². The van der Waals surface area contributed by atoms with Gasteiger partial charge in [0.15, 0.2) is 0 Å². The van der Waals surface area contributed by atoms with E-state index in [1.807, 2.05) is 0 Å². The first kappa shape index (κ1) is 12.9. The van der Waals surface area contributed by atoms with Gasteiger partial charge in [-0.1, -0.05) is 12.8 Å². The number of ether oxygens (including phenoxy) is 1. The van der Waals surface area contributed by atoms with Crippen molar-refractivity contribution in [3.8, 4) is 12.3 Å². The molecule has 0 bridgehead atoms. The first-order valence-corrected chi connectivity index (χ1v) is 7.04. The highest BCUT2D eigenvalue weighted by molar-refractivity contribution is 5.10. The monoisotopic (exact) mass is 235 g/mol. The summed E-state index contributed by atoms with van der Waals surface area (Å²) in [6, 6.07) is 1.06. The molecule has 2 aliphatic rings. The molecule has 0 aromatic carbocycles. The van der Waals surface area contributed by atoms with Crippen LogP contribution in [0.4, 0.5) is 0 Å². The van der Waals surface area contributed by atoms with E-state index in [1.165, 1.54) is 32.1 Å². The van der Waals surface area contributed by atoms with E-state index in [1.54, 1.807) is 0 Å². The fourth-order valence-corrected chi connectivity index (χ4v) is 3.70. The minimum atomic E-state index is 0.429. The van der Waals surface area contributed by atoms with Crippen molar-refractivity contribution >= 4 is 0 Å². The molecule has 2 fully saturated rings. The Morgan fingerprint density at radius 1 is 1.47 bits per heavy atom. The van der Waals surface area contributed by atoms with Gasteiger partial charge in [-0.15, -0.1) is 12.3 Å². The summed E-state index contributed by atoms with van der Waals surface area (Å²) in [5, 5.41) is 3.72. The van der Waals surface area contributed by atoms with Crippen LogP contribution in [0.15, 0.2) is 0 Å². The molecular formula is C15H25NO. The maximum Gasteiger partial charge on any atom is 0.0661 e. The van der Waals surface area contributed by atoms with Gasteiger partial charge in [0.2, 0.25) is 0 Å².